The Kier molecular flexibility index (Phi) is 71.8. The second kappa shape index (κ2) is 52.8. The normalized spacial score (nSPS) is 20.6. The van der Waals surface area contributed by atoms with Gasteiger partial charge < -0.3 is 49.4 Å². The number of hydrogen-bond donors (Lipinski definition) is 2. The van der Waals surface area contributed by atoms with Crippen molar-refractivity contribution in [3.8, 4) is 0 Å². The van der Waals surface area contributed by atoms with Gasteiger partial charge in [-0.05, 0) is 49.5 Å². The molecule has 0 bridgehead atoms. The van der Waals surface area contributed by atoms with E-state index in [1.807, 2.05) is 0 Å². The van der Waals surface area contributed by atoms with Crippen LogP contribution < -0.4 is 0 Å². The zero-order valence-corrected chi connectivity index (χ0v) is 41.3. The number of aliphatic hydroxyl groups is 2. The van der Waals surface area contributed by atoms with Gasteiger partial charge in [-0.2, -0.15) is 0 Å². The van der Waals surface area contributed by atoms with Crippen molar-refractivity contribution in [2.45, 2.75) is 217 Å². The van der Waals surface area contributed by atoms with Gasteiger partial charge >= 0.3 is 34.1 Å². The summed E-state index contributed by atoms with van der Waals surface area (Å²) in [5, 5.41) is 17.5. The molecular formula is C46H101Fe2IO4Si. The molecule has 0 heterocycles. The van der Waals surface area contributed by atoms with Crippen LogP contribution in [-0.2, 0) is 43.6 Å². The summed E-state index contributed by atoms with van der Waals surface area (Å²) < 4.78 is 12.2. The van der Waals surface area contributed by atoms with E-state index < -0.39 is 8.07 Å². The van der Waals surface area contributed by atoms with Crippen molar-refractivity contribution in [1.29, 1.82) is 0 Å². The summed E-state index contributed by atoms with van der Waals surface area (Å²) >= 11 is 2.53. The van der Waals surface area contributed by atoms with Gasteiger partial charge in [-0.3, -0.25) is 0 Å². The predicted molar refractivity (Wildman–Crippen MR) is 251 cm³/mol. The molecule has 4 aliphatic carbocycles. The molecule has 4 rings (SSSR count). The first-order valence-electron chi connectivity index (χ1n) is 20.6. The number of halogens is 1. The van der Waals surface area contributed by atoms with Gasteiger partial charge in [-0.25, -0.2) is 0 Å². The SMILES string of the molecule is C.C.C1CCCC1.C1CCCC1.CCCC[Si](CCCC)(CCCC)C1CCCC1COCCCO.OCCCOCC1CCCC1I.[CH3-].[CH3-].[CH3-].[CH3-].[Fe+2].[Fe+2]. The van der Waals surface area contributed by atoms with Gasteiger partial charge in [0, 0.05) is 37.0 Å². The maximum atomic E-state index is 8.96. The number of ether oxygens (including phenoxy) is 2. The first-order valence-corrected chi connectivity index (χ1v) is 24.5. The second-order valence-electron chi connectivity index (χ2n) is 15.0. The largest absolute Gasteiger partial charge is 2.00 e. The van der Waals surface area contributed by atoms with Crippen molar-refractivity contribution < 1.29 is 53.8 Å². The van der Waals surface area contributed by atoms with Crippen LogP contribution in [0.4, 0.5) is 0 Å². The maximum absolute atomic E-state index is 8.96. The molecule has 4 saturated carbocycles. The smallest absolute Gasteiger partial charge is 0.396 e. The van der Waals surface area contributed by atoms with E-state index >= 15 is 0 Å². The Balaban J connectivity index is -0.0000000989. The number of rotatable bonds is 20. The third-order valence-electron chi connectivity index (χ3n) is 11.2. The molecule has 0 saturated heterocycles. The molecule has 4 aliphatic rings. The van der Waals surface area contributed by atoms with Gasteiger partial charge in [0.25, 0.3) is 0 Å². The molecule has 4 unspecified atom stereocenters. The molecule has 54 heavy (non-hydrogen) atoms. The summed E-state index contributed by atoms with van der Waals surface area (Å²) in [6, 6.07) is 4.71. The van der Waals surface area contributed by atoms with Gasteiger partial charge in [-0.1, -0.05) is 198 Å². The van der Waals surface area contributed by atoms with Crippen LogP contribution in [0.2, 0.25) is 23.7 Å². The van der Waals surface area contributed by atoms with E-state index in [9.17, 15) is 0 Å². The number of hydrogen-bond acceptors (Lipinski definition) is 4. The molecule has 0 amide bonds. The number of aliphatic hydroxyl groups excluding tert-OH is 2. The van der Waals surface area contributed by atoms with Gasteiger partial charge in [-0.15, -0.1) is 0 Å². The molecule has 0 aliphatic heterocycles. The Labute approximate surface area is 380 Å². The van der Waals surface area contributed by atoms with Crippen molar-refractivity contribution in [1.82, 2.24) is 0 Å². The quantitative estimate of drug-likeness (QED) is 0.0420. The maximum Gasteiger partial charge on any atom is 2.00 e. The summed E-state index contributed by atoms with van der Waals surface area (Å²) in [6.07, 6.45) is 33.4. The fourth-order valence-electron chi connectivity index (χ4n) is 8.31. The first-order chi connectivity index (χ1) is 22.6. The topological polar surface area (TPSA) is 58.9 Å². The molecule has 0 aromatic carbocycles. The van der Waals surface area contributed by atoms with E-state index in [4.69, 9.17) is 19.7 Å². The Morgan fingerprint density at radius 1 is 0.500 bits per heavy atom. The van der Waals surface area contributed by atoms with E-state index in [2.05, 4.69) is 43.4 Å². The third-order valence-corrected chi connectivity index (χ3v) is 19.2. The average molecular weight is 985 g/mol. The molecule has 0 aromatic heterocycles. The van der Waals surface area contributed by atoms with Crippen LogP contribution in [0.25, 0.3) is 0 Å². The summed E-state index contributed by atoms with van der Waals surface area (Å²) in [5.74, 6) is 1.59. The van der Waals surface area contributed by atoms with Gasteiger partial charge in [0.2, 0.25) is 0 Å². The minimum Gasteiger partial charge on any atom is -0.396 e. The monoisotopic (exact) mass is 985 g/mol. The third kappa shape index (κ3) is 35.7. The molecule has 0 radical (unpaired) electrons. The number of unbranched alkanes of at least 4 members (excludes halogenated alkanes) is 3. The zero-order chi connectivity index (χ0) is 33.6. The molecule has 336 valence electrons. The molecule has 4 fully saturated rings. The summed E-state index contributed by atoms with van der Waals surface area (Å²) in [6.45, 7) is 10.9. The van der Waals surface area contributed by atoms with Crippen LogP contribution >= 0.6 is 22.6 Å². The molecule has 4 atom stereocenters. The Morgan fingerprint density at radius 3 is 1.15 bits per heavy atom. The van der Waals surface area contributed by atoms with Crippen molar-refractivity contribution in [3.63, 3.8) is 0 Å². The van der Waals surface area contributed by atoms with Gasteiger partial charge in [0.05, 0.1) is 14.7 Å². The van der Waals surface area contributed by atoms with Crippen molar-refractivity contribution >= 4 is 30.7 Å². The van der Waals surface area contributed by atoms with Gasteiger partial charge in [0.15, 0.2) is 0 Å². The minimum atomic E-state index is -1.19. The molecule has 8 heteroatoms. The van der Waals surface area contributed by atoms with E-state index in [0.29, 0.717) is 0 Å². The minimum absolute atomic E-state index is 0. The Hall–Kier alpha value is 1.83. The van der Waals surface area contributed by atoms with Crippen LogP contribution in [0, 0.1) is 41.5 Å². The molecule has 0 aromatic rings. The molecule has 0 spiro atoms. The fraction of sp³-hybridized carbons (Fsp3) is 0.913. The van der Waals surface area contributed by atoms with E-state index in [0.717, 1.165) is 60.6 Å². The number of alkyl halides is 1. The predicted octanol–water partition coefficient (Wildman–Crippen LogP) is 15.4. The van der Waals surface area contributed by atoms with Crippen LogP contribution in [0.3, 0.4) is 0 Å². The standard InChI is InChI=1S/C21H44O2Si.C9H17IO2.2C5H10.2CH4.4CH3.2Fe/c1-4-7-16-24(17-8-5-2,18-9-6-3)21-13-10-12-20(21)19-23-15-11-14-22;10-9-4-1-3-8(9)7-12-6-2-5-11;2*1-2-4-5-3-1;;;;;;;;/h20-22H,4-19H2,1-3H3;8-9,11H,1-7H2;2*1-5H2;2*1H4;4*1H3;;/q;;;;;;4*-1;2*+2. The van der Waals surface area contributed by atoms with Crippen molar-refractivity contribution in [2.24, 2.45) is 11.8 Å². The molecular weight excluding hydrogens is 883 g/mol. The molecule has 2 N–H and O–H groups in total. The first kappa shape index (κ1) is 73.4. The second-order valence-corrected chi connectivity index (χ2v) is 21.6. The van der Waals surface area contributed by atoms with Crippen LogP contribution in [0.15, 0.2) is 0 Å². The Bertz CT molecular complexity index is 597. The van der Waals surface area contributed by atoms with Crippen LogP contribution in [0.5, 0.6) is 0 Å². The van der Waals surface area contributed by atoms with Gasteiger partial charge in [0.1, 0.15) is 0 Å². The Morgan fingerprint density at radius 2 is 0.833 bits per heavy atom. The zero-order valence-electron chi connectivity index (χ0n) is 35.9. The van der Waals surface area contributed by atoms with Crippen molar-refractivity contribution in [2.75, 3.05) is 39.6 Å². The fourth-order valence-corrected chi connectivity index (χ4v) is 16.4. The summed E-state index contributed by atoms with van der Waals surface area (Å²) in [4.78, 5) is 0. The summed E-state index contributed by atoms with van der Waals surface area (Å²) in [5.41, 5.74) is 1.01. The van der Waals surface area contributed by atoms with Crippen LogP contribution in [0.1, 0.15) is 190 Å². The van der Waals surface area contributed by atoms with E-state index in [1.165, 1.54) is 141 Å². The van der Waals surface area contributed by atoms with E-state index in [-0.39, 0.29) is 91.9 Å². The average Bonchev–Trinajstić information content (AvgIpc) is 3.92. The summed E-state index contributed by atoms with van der Waals surface area (Å²) in [7, 11) is -1.19. The van der Waals surface area contributed by atoms with Crippen molar-refractivity contribution in [3.05, 3.63) is 29.7 Å². The molecule has 4 nitrogen and oxygen atoms in total. The van der Waals surface area contributed by atoms with Crippen LogP contribution in [-0.4, -0.2) is 61.9 Å². The van der Waals surface area contributed by atoms with E-state index in [1.54, 1.807) is 18.1 Å².